The van der Waals surface area contributed by atoms with E-state index >= 15 is 0 Å². The van der Waals surface area contributed by atoms with Crippen LogP contribution in [0, 0.1) is 5.92 Å². The highest BCUT2D eigenvalue weighted by Crippen LogP contribution is 2.24. The molecule has 126 valence electrons. The van der Waals surface area contributed by atoms with E-state index in [1.807, 2.05) is 37.5 Å². The summed E-state index contributed by atoms with van der Waals surface area (Å²) in [6, 6.07) is 7.91. The molecular formula is C18H21ClN4O. The number of amides is 1. The third-order valence-electron chi connectivity index (χ3n) is 4.19. The molecule has 1 amide bonds. The number of halogens is 1. The Morgan fingerprint density at radius 3 is 2.92 bits per heavy atom. The van der Waals surface area contributed by atoms with Gasteiger partial charge in [0.2, 0.25) is 5.91 Å². The Morgan fingerprint density at radius 1 is 1.42 bits per heavy atom. The van der Waals surface area contributed by atoms with Gasteiger partial charge in [0.25, 0.3) is 0 Å². The van der Waals surface area contributed by atoms with Crippen LogP contribution in [0.25, 0.3) is 6.08 Å². The largest absolute Gasteiger partial charge is 0.371 e. The molecule has 1 aliphatic heterocycles. The van der Waals surface area contributed by atoms with Crippen LogP contribution in [-0.2, 0) is 11.8 Å². The van der Waals surface area contributed by atoms with Gasteiger partial charge in [-0.05, 0) is 42.7 Å². The van der Waals surface area contributed by atoms with E-state index in [0.717, 1.165) is 30.1 Å². The summed E-state index contributed by atoms with van der Waals surface area (Å²) in [6.07, 6.45) is 8.00. The highest BCUT2D eigenvalue weighted by Gasteiger charge is 2.22. The van der Waals surface area contributed by atoms with Gasteiger partial charge in [0.05, 0.1) is 6.20 Å². The van der Waals surface area contributed by atoms with Gasteiger partial charge in [-0.3, -0.25) is 9.48 Å². The number of aromatic nitrogens is 2. The van der Waals surface area contributed by atoms with Crippen LogP contribution in [0.3, 0.4) is 0 Å². The molecule has 0 aliphatic carbocycles. The lowest BCUT2D eigenvalue weighted by atomic mass is 10.1. The van der Waals surface area contributed by atoms with Gasteiger partial charge in [0.1, 0.15) is 0 Å². The van der Waals surface area contributed by atoms with E-state index in [2.05, 4.69) is 15.3 Å². The third kappa shape index (κ3) is 4.38. The van der Waals surface area contributed by atoms with Crippen molar-refractivity contribution in [3.05, 3.63) is 53.3 Å². The SMILES string of the molecule is Cn1cc(/C=C/C(=O)NC[C@@H]2CCN(c3ccc(Cl)cc3)C2)cn1. The fourth-order valence-corrected chi connectivity index (χ4v) is 3.01. The van der Waals surface area contributed by atoms with E-state index in [1.54, 1.807) is 23.0 Å². The minimum atomic E-state index is -0.0659. The number of anilines is 1. The maximum Gasteiger partial charge on any atom is 0.244 e. The zero-order chi connectivity index (χ0) is 16.9. The van der Waals surface area contributed by atoms with Crippen LogP contribution in [-0.4, -0.2) is 35.3 Å². The van der Waals surface area contributed by atoms with Gasteiger partial charge in [-0.15, -0.1) is 0 Å². The number of hydrogen-bond acceptors (Lipinski definition) is 3. The Kier molecular flexibility index (Phi) is 5.20. The first kappa shape index (κ1) is 16.6. The molecule has 0 saturated carbocycles. The van der Waals surface area contributed by atoms with Gasteiger partial charge in [-0.25, -0.2) is 0 Å². The van der Waals surface area contributed by atoms with Crippen molar-refractivity contribution in [2.45, 2.75) is 6.42 Å². The summed E-state index contributed by atoms with van der Waals surface area (Å²) in [5.41, 5.74) is 2.10. The van der Waals surface area contributed by atoms with E-state index in [-0.39, 0.29) is 5.91 Å². The molecule has 1 saturated heterocycles. The Balaban J connectivity index is 1.45. The lowest BCUT2D eigenvalue weighted by Gasteiger charge is -2.18. The smallest absolute Gasteiger partial charge is 0.244 e. The second-order valence-corrected chi connectivity index (χ2v) is 6.54. The van der Waals surface area contributed by atoms with Crippen molar-refractivity contribution in [3.63, 3.8) is 0 Å². The number of aryl methyl sites for hydroxylation is 1. The molecular weight excluding hydrogens is 324 g/mol. The highest BCUT2D eigenvalue weighted by molar-refractivity contribution is 6.30. The van der Waals surface area contributed by atoms with Crippen LogP contribution in [0.15, 0.2) is 42.7 Å². The molecule has 2 aromatic rings. The first-order chi connectivity index (χ1) is 11.6. The second-order valence-electron chi connectivity index (χ2n) is 6.10. The van der Waals surface area contributed by atoms with E-state index in [4.69, 9.17) is 11.6 Å². The van der Waals surface area contributed by atoms with Gasteiger partial charge in [0, 0.05) is 55.2 Å². The predicted molar refractivity (Wildman–Crippen MR) is 97.0 cm³/mol. The Morgan fingerprint density at radius 2 is 2.21 bits per heavy atom. The number of benzene rings is 1. The number of carbonyl (C=O) groups is 1. The van der Waals surface area contributed by atoms with Crippen molar-refractivity contribution in [1.29, 1.82) is 0 Å². The van der Waals surface area contributed by atoms with Crippen molar-refractivity contribution < 1.29 is 4.79 Å². The lowest BCUT2D eigenvalue weighted by Crippen LogP contribution is -2.29. The zero-order valence-electron chi connectivity index (χ0n) is 13.7. The molecule has 1 aromatic carbocycles. The van der Waals surface area contributed by atoms with Crippen LogP contribution in [0.4, 0.5) is 5.69 Å². The van der Waals surface area contributed by atoms with E-state index in [0.29, 0.717) is 12.5 Å². The molecule has 1 aromatic heterocycles. The Labute approximate surface area is 146 Å². The molecule has 1 N–H and O–H groups in total. The molecule has 1 fully saturated rings. The van der Waals surface area contributed by atoms with Crippen LogP contribution in [0.2, 0.25) is 5.02 Å². The summed E-state index contributed by atoms with van der Waals surface area (Å²) in [7, 11) is 1.85. The van der Waals surface area contributed by atoms with Gasteiger partial charge >= 0.3 is 0 Å². The molecule has 3 rings (SSSR count). The summed E-state index contributed by atoms with van der Waals surface area (Å²) in [5, 5.41) is 7.80. The highest BCUT2D eigenvalue weighted by atomic mass is 35.5. The summed E-state index contributed by atoms with van der Waals surface area (Å²) < 4.78 is 1.71. The Hall–Kier alpha value is -2.27. The maximum absolute atomic E-state index is 11.9. The van der Waals surface area contributed by atoms with E-state index in [1.165, 1.54) is 5.69 Å². The number of nitrogens with zero attached hydrogens (tertiary/aromatic N) is 3. The standard InChI is InChI=1S/C18H21ClN4O/c1-22-12-14(11-21-22)2-7-18(24)20-10-15-8-9-23(13-15)17-5-3-16(19)4-6-17/h2-7,11-12,15H,8-10,13H2,1H3,(H,20,24)/b7-2+/t15-/m0/s1. The van der Waals surface area contributed by atoms with Crippen LogP contribution in [0.1, 0.15) is 12.0 Å². The first-order valence-corrected chi connectivity index (χ1v) is 8.43. The van der Waals surface area contributed by atoms with Crippen LogP contribution >= 0.6 is 11.6 Å². The van der Waals surface area contributed by atoms with Crippen molar-refractivity contribution in [3.8, 4) is 0 Å². The molecule has 0 unspecified atom stereocenters. The normalized spacial score (nSPS) is 17.6. The van der Waals surface area contributed by atoms with Gasteiger partial charge in [0.15, 0.2) is 0 Å². The second kappa shape index (κ2) is 7.53. The topological polar surface area (TPSA) is 50.2 Å². The average Bonchev–Trinajstić information content (AvgIpc) is 3.21. The molecule has 2 heterocycles. The van der Waals surface area contributed by atoms with Crippen LogP contribution < -0.4 is 10.2 Å². The van der Waals surface area contributed by atoms with E-state index in [9.17, 15) is 4.79 Å². The summed E-state index contributed by atoms with van der Waals surface area (Å²) in [4.78, 5) is 14.2. The zero-order valence-corrected chi connectivity index (χ0v) is 14.4. The van der Waals surface area contributed by atoms with Crippen LogP contribution in [0.5, 0.6) is 0 Å². The quantitative estimate of drug-likeness (QED) is 0.848. The molecule has 0 radical (unpaired) electrons. The molecule has 1 aliphatic rings. The van der Waals surface area contributed by atoms with Gasteiger partial charge in [-0.1, -0.05) is 11.6 Å². The lowest BCUT2D eigenvalue weighted by molar-refractivity contribution is -0.116. The molecule has 24 heavy (non-hydrogen) atoms. The summed E-state index contributed by atoms with van der Waals surface area (Å²) in [5.74, 6) is 0.403. The first-order valence-electron chi connectivity index (χ1n) is 8.05. The predicted octanol–water partition coefficient (Wildman–Crippen LogP) is 2.73. The van der Waals surface area contributed by atoms with Crippen molar-refractivity contribution in [1.82, 2.24) is 15.1 Å². The van der Waals surface area contributed by atoms with Gasteiger partial charge in [-0.2, -0.15) is 5.10 Å². The number of nitrogens with one attached hydrogen (secondary N) is 1. The Bertz CT molecular complexity index is 723. The minimum Gasteiger partial charge on any atom is -0.371 e. The fourth-order valence-electron chi connectivity index (χ4n) is 2.89. The third-order valence-corrected chi connectivity index (χ3v) is 4.45. The fraction of sp³-hybridized carbons (Fsp3) is 0.333. The average molecular weight is 345 g/mol. The number of hydrogen-bond donors (Lipinski definition) is 1. The monoisotopic (exact) mass is 344 g/mol. The molecule has 0 bridgehead atoms. The molecule has 6 heteroatoms. The van der Waals surface area contributed by atoms with Gasteiger partial charge < -0.3 is 10.2 Å². The molecule has 1 atom stereocenters. The molecule has 5 nitrogen and oxygen atoms in total. The van der Waals surface area contributed by atoms with Crippen molar-refractivity contribution in [2.75, 3.05) is 24.5 Å². The summed E-state index contributed by atoms with van der Waals surface area (Å²) in [6.45, 7) is 2.65. The van der Waals surface area contributed by atoms with Crippen molar-refractivity contribution in [2.24, 2.45) is 13.0 Å². The molecule has 0 spiro atoms. The maximum atomic E-state index is 11.9. The number of rotatable bonds is 5. The number of carbonyl (C=O) groups excluding carboxylic acids is 1. The summed E-state index contributed by atoms with van der Waals surface area (Å²) >= 11 is 5.93. The van der Waals surface area contributed by atoms with E-state index < -0.39 is 0 Å². The minimum absolute atomic E-state index is 0.0659. The van der Waals surface area contributed by atoms with Crippen molar-refractivity contribution >= 4 is 29.3 Å².